The normalized spacial score (nSPS) is 19.6. The lowest BCUT2D eigenvalue weighted by Gasteiger charge is -2.20. The smallest absolute Gasteiger partial charge is 0.322 e. The van der Waals surface area contributed by atoms with Gasteiger partial charge in [-0.1, -0.05) is 0 Å². The van der Waals surface area contributed by atoms with Gasteiger partial charge in [0.05, 0.1) is 5.69 Å². The van der Waals surface area contributed by atoms with Crippen LogP contribution >= 0.6 is 0 Å². The molecule has 4 N–H and O–H groups in total. The van der Waals surface area contributed by atoms with Crippen LogP contribution in [-0.4, -0.2) is 41.7 Å². The molecule has 1 aliphatic rings. The average Bonchev–Trinajstić information content (AvgIpc) is 2.84. The Morgan fingerprint density at radius 3 is 2.53 bits per heavy atom. The number of carbonyl (C=O) groups is 1. The van der Waals surface area contributed by atoms with Crippen LogP contribution in [0.15, 0.2) is 18.3 Å². The van der Waals surface area contributed by atoms with Crippen molar-refractivity contribution in [3.8, 4) is 0 Å². The van der Waals surface area contributed by atoms with Crippen LogP contribution in [0.25, 0.3) is 0 Å². The molecule has 0 aromatic carbocycles. The van der Waals surface area contributed by atoms with Crippen LogP contribution in [0.1, 0.15) is 12.1 Å². The number of carboxylic acids is 1. The van der Waals surface area contributed by atoms with E-state index in [-0.39, 0.29) is 5.69 Å². The first kappa shape index (κ1) is 13.6. The molecule has 96 valence electrons. The van der Waals surface area contributed by atoms with Crippen molar-refractivity contribution in [1.29, 1.82) is 0 Å². The van der Waals surface area contributed by atoms with Crippen molar-refractivity contribution < 1.29 is 18.7 Å². The van der Waals surface area contributed by atoms with E-state index in [1.165, 1.54) is 12.3 Å². The Kier molecular flexibility index (Phi) is 5.58. The van der Waals surface area contributed by atoms with Crippen molar-refractivity contribution in [3.63, 3.8) is 0 Å². The second kappa shape index (κ2) is 6.97. The van der Waals surface area contributed by atoms with Gasteiger partial charge in [-0.05, 0) is 12.1 Å². The Balaban J connectivity index is 0.000000171. The van der Waals surface area contributed by atoms with Crippen LogP contribution in [0.3, 0.4) is 0 Å². The van der Waals surface area contributed by atoms with Crippen LogP contribution in [0.5, 0.6) is 0 Å². The first-order chi connectivity index (χ1) is 8.11. The van der Waals surface area contributed by atoms with Crippen molar-refractivity contribution in [2.45, 2.75) is 12.5 Å². The monoisotopic (exact) mass is 247 g/mol. The fraction of sp³-hybridized carbons (Fsp3) is 0.500. The number of carboxylic acid groups (broad SMARTS) is 1. The first-order valence-electron chi connectivity index (χ1n) is 5.19. The minimum Gasteiger partial charge on any atom is -0.480 e. The lowest BCUT2D eigenvalue weighted by atomic mass is 10.2. The summed E-state index contributed by atoms with van der Waals surface area (Å²) < 4.78 is 23.1. The van der Waals surface area contributed by atoms with Crippen molar-refractivity contribution in [2.75, 3.05) is 19.6 Å². The number of hydrogen-bond acceptors (Lipinski definition) is 3. The predicted molar refractivity (Wildman–Crippen MR) is 58.0 cm³/mol. The Morgan fingerprint density at radius 1 is 1.47 bits per heavy atom. The summed E-state index contributed by atoms with van der Waals surface area (Å²) in [6.45, 7) is 2.15. The zero-order chi connectivity index (χ0) is 12.7. The molecule has 0 saturated carbocycles. The molecule has 1 aliphatic heterocycles. The van der Waals surface area contributed by atoms with Crippen molar-refractivity contribution >= 4 is 5.97 Å². The Bertz CT molecular complexity index is 324. The minimum absolute atomic E-state index is 0.0231. The molecular formula is C10H15F2N3O2. The molecular weight excluding hydrogens is 232 g/mol. The molecule has 0 bridgehead atoms. The zero-order valence-corrected chi connectivity index (χ0v) is 9.12. The van der Waals surface area contributed by atoms with E-state index in [0.29, 0.717) is 6.54 Å². The van der Waals surface area contributed by atoms with E-state index in [2.05, 4.69) is 15.6 Å². The highest BCUT2D eigenvalue weighted by molar-refractivity contribution is 5.73. The molecule has 5 nitrogen and oxygen atoms in total. The van der Waals surface area contributed by atoms with Gasteiger partial charge in [0.2, 0.25) is 0 Å². The van der Waals surface area contributed by atoms with Gasteiger partial charge in [0.15, 0.2) is 0 Å². The number of aromatic nitrogens is 1. The van der Waals surface area contributed by atoms with Gasteiger partial charge in [-0.2, -0.15) is 0 Å². The molecule has 2 heterocycles. The van der Waals surface area contributed by atoms with Crippen LogP contribution < -0.4 is 10.6 Å². The van der Waals surface area contributed by atoms with Gasteiger partial charge in [0, 0.05) is 25.8 Å². The molecule has 1 aromatic rings. The number of rotatable bonds is 2. The third-order valence-electron chi connectivity index (χ3n) is 2.20. The summed E-state index contributed by atoms with van der Waals surface area (Å²) in [5.74, 6) is -0.776. The van der Waals surface area contributed by atoms with Gasteiger partial charge in [-0.15, -0.1) is 0 Å². The molecule has 7 heteroatoms. The largest absolute Gasteiger partial charge is 0.480 e. The maximum absolute atomic E-state index is 11.6. The van der Waals surface area contributed by atoms with Crippen LogP contribution in [0.4, 0.5) is 8.78 Å². The second-order valence-corrected chi connectivity index (χ2v) is 3.48. The van der Waals surface area contributed by atoms with Gasteiger partial charge in [0.25, 0.3) is 6.43 Å². The van der Waals surface area contributed by atoms with Crippen molar-refractivity contribution in [3.05, 3.63) is 24.0 Å². The molecule has 17 heavy (non-hydrogen) atoms. The molecule has 0 aliphatic carbocycles. The number of nitrogens with one attached hydrogen (secondary N) is 3. The summed E-state index contributed by atoms with van der Waals surface area (Å²) >= 11 is 0. The topological polar surface area (TPSA) is 77.2 Å². The molecule has 1 atom stereocenters. The summed E-state index contributed by atoms with van der Waals surface area (Å²) in [6.07, 6.45) is -0.897. The fourth-order valence-electron chi connectivity index (χ4n) is 1.31. The number of piperazine rings is 1. The van der Waals surface area contributed by atoms with E-state index in [0.717, 1.165) is 13.1 Å². The highest BCUT2D eigenvalue weighted by atomic mass is 19.3. The van der Waals surface area contributed by atoms with E-state index in [9.17, 15) is 13.6 Å². The fourth-order valence-corrected chi connectivity index (χ4v) is 1.31. The lowest BCUT2D eigenvalue weighted by molar-refractivity contribution is -0.139. The number of hydrogen-bond donors (Lipinski definition) is 4. The van der Waals surface area contributed by atoms with E-state index in [1.807, 2.05) is 0 Å². The second-order valence-electron chi connectivity index (χ2n) is 3.48. The van der Waals surface area contributed by atoms with Crippen LogP contribution in [-0.2, 0) is 4.79 Å². The third kappa shape index (κ3) is 4.92. The SMILES string of the molecule is FC(F)c1ccc[nH]1.O=C(O)C1CNCCN1. The molecule has 1 fully saturated rings. The standard InChI is InChI=1S/C5H5F2N.C5H10N2O2/c6-5(7)4-2-1-3-8-4;8-5(9)4-3-6-1-2-7-4/h1-3,5,8H;4,6-7H,1-3H2,(H,8,9). The van der Waals surface area contributed by atoms with E-state index < -0.39 is 18.4 Å². The highest BCUT2D eigenvalue weighted by Gasteiger charge is 2.18. The maximum Gasteiger partial charge on any atom is 0.322 e. The Hall–Kier alpha value is -1.47. The van der Waals surface area contributed by atoms with Crippen LogP contribution in [0.2, 0.25) is 0 Å². The number of alkyl halides is 2. The Morgan fingerprint density at radius 2 is 2.24 bits per heavy atom. The molecule has 0 amide bonds. The zero-order valence-electron chi connectivity index (χ0n) is 9.12. The molecule has 1 unspecified atom stereocenters. The third-order valence-corrected chi connectivity index (χ3v) is 2.20. The van der Waals surface area contributed by atoms with Gasteiger partial charge < -0.3 is 20.7 Å². The van der Waals surface area contributed by atoms with Gasteiger partial charge in [-0.25, -0.2) is 8.78 Å². The van der Waals surface area contributed by atoms with Gasteiger partial charge in [-0.3, -0.25) is 4.79 Å². The van der Waals surface area contributed by atoms with E-state index >= 15 is 0 Å². The van der Waals surface area contributed by atoms with Crippen molar-refractivity contribution in [1.82, 2.24) is 15.6 Å². The average molecular weight is 247 g/mol. The first-order valence-corrected chi connectivity index (χ1v) is 5.19. The maximum atomic E-state index is 11.6. The molecule has 1 aromatic heterocycles. The number of halogens is 2. The number of aromatic amines is 1. The highest BCUT2D eigenvalue weighted by Crippen LogP contribution is 2.14. The van der Waals surface area contributed by atoms with Crippen molar-refractivity contribution in [2.24, 2.45) is 0 Å². The number of H-pyrrole nitrogens is 1. The molecule has 0 radical (unpaired) electrons. The summed E-state index contributed by atoms with van der Waals surface area (Å²) in [7, 11) is 0. The quantitative estimate of drug-likeness (QED) is 0.616. The van der Waals surface area contributed by atoms with E-state index in [4.69, 9.17) is 5.11 Å². The summed E-state index contributed by atoms with van der Waals surface area (Å²) in [4.78, 5) is 12.6. The van der Waals surface area contributed by atoms with Crippen LogP contribution in [0, 0.1) is 0 Å². The summed E-state index contributed by atoms with van der Waals surface area (Å²) in [5.41, 5.74) is -0.0231. The van der Waals surface area contributed by atoms with Gasteiger partial charge in [0.1, 0.15) is 6.04 Å². The number of aliphatic carboxylic acids is 1. The molecule has 2 rings (SSSR count). The molecule has 1 saturated heterocycles. The summed E-state index contributed by atoms with van der Waals surface area (Å²) in [5, 5.41) is 14.3. The lowest BCUT2D eigenvalue weighted by Crippen LogP contribution is -2.52. The van der Waals surface area contributed by atoms with E-state index in [1.54, 1.807) is 6.07 Å². The molecule has 0 spiro atoms. The Labute approximate surface area is 97.2 Å². The summed E-state index contributed by atoms with van der Waals surface area (Å²) in [6, 6.07) is 2.50. The van der Waals surface area contributed by atoms with Gasteiger partial charge >= 0.3 is 5.97 Å². The minimum atomic E-state index is -2.37. The predicted octanol–water partition coefficient (Wildman–Crippen LogP) is 0.585.